The van der Waals surface area contributed by atoms with E-state index in [-0.39, 0.29) is 41.2 Å². The number of hydrogen-bond donors (Lipinski definition) is 1. The maximum Gasteiger partial charge on any atom is 0.573 e. The Morgan fingerprint density at radius 2 is 1.84 bits per heavy atom. The van der Waals surface area contributed by atoms with Gasteiger partial charge in [0.2, 0.25) is 0 Å². The number of methoxy groups -OCH3 is 1. The Balaban J connectivity index is 1.74. The van der Waals surface area contributed by atoms with Gasteiger partial charge < -0.3 is 23.9 Å². The number of alkyl halides is 4. The molecule has 3 aromatic rings. The van der Waals surface area contributed by atoms with Gasteiger partial charge in [-0.15, -0.1) is 13.2 Å². The molecule has 11 heteroatoms. The number of halogens is 5. The molecule has 202 valence electrons. The quantitative estimate of drug-likeness (QED) is 0.0564. The van der Waals surface area contributed by atoms with Gasteiger partial charge in [0.25, 0.3) is 0 Å². The number of H-pyrrole nitrogens is 1. The number of aromatic nitrogens is 1. The highest BCUT2D eigenvalue weighted by atomic mass is 79.9. The highest BCUT2D eigenvalue weighted by Crippen LogP contribution is 2.38. The van der Waals surface area contributed by atoms with Gasteiger partial charge in [0.1, 0.15) is 23.0 Å². The number of ketones is 1. The second-order valence-electron chi connectivity index (χ2n) is 7.89. The maximum absolute atomic E-state index is 13.7. The molecule has 1 aromatic heterocycles. The fraction of sp³-hybridized carbons (Fsp3) is 0.222. The predicted molar refractivity (Wildman–Crippen MR) is 138 cm³/mol. The van der Waals surface area contributed by atoms with E-state index in [0.717, 1.165) is 17.7 Å². The number of ether oxygens (including phenoxy) is 4. The molecule has 38 heavy (non-hydrogen) atoms. The molecule has 0 fully saturated rings. The van der Waals surface area contributed by atoms with E-state index in [2.05, 4.69) is 38.8 Å². The van der Waals surface area contributed by atoms with E-state index in [0.29, 0.717) is 12.1 Å². The van der Waals surface area contributed by atoms with Crippen LogP contribution in [0.2, 0.25) is 0 Å². The average Bonchev–Trinajstić information content (AvgIpc) is 3.28. The molecule has 0 amide bonds. The minimum absolute atomic E-state index is 0.0316. The summed E-state index contributed by atoms with van der Waals surface area (Å²) in [7, 11) is 1.19. The Morgan fingerprint density at radius 1 is 1.13 bits per heavy atom. The van der Waals surface area contributed by atoms with Crippen LogP contribution in [-0.2, 0) is 16.1 Å². The topological polar surface area (TPSA) is 69.8 Å². The summed E-state index contributed by atoms with van der Waals surface area (Å²) < 4.78 is 72.5. The monoisotopic (exact) mass is 597 g/mol. The number of benzene rings is 2. The highest BCUT2D eigenvalue weighted by Gasteiger charge is 2.33. The van der Waals surface area contributed by atoms with Gasteiger partial charge in [-0.05, 0) is 11.6 Å². The Kier molecular flexibility index (Phi) is 9.76. The molecule has 0 bridgehead atoms. The highest BCUT2D eigenvalue weighted by molar-refractivity contribution is 9.10. The molecule has 1 atom stereocenters. The van der Waals surface area contributed by atoms with Crippen molar-refractivity contribution in [1.29, 1.82) is 0 Å². The Hall–Kier alpha value is -3.57. The smallest absolute Gasteiger partial charge is 0.493 e. The van der Waals surface area contributed by atoms with E-state index >= 15 is 0 Å². The normalized spacial score (nSPS) is 12.7. The van der Waals surface area contributed by atoms with Crippen LogP contribution in [0.3, 0.4) is 0 Å². The summed E-state index contributed by atoms with van der Waals surface area (Å²) in [6.45, 7) is 7.59. The molecule has 0 saturated carbocycles. The largest absolute Gasteiger partial charge is 0.573 e. The van der Waals surface area contributed by atoms with Crippen LogP contribution in [0.4, 0.5) is 17.6 Å². The van der Waals surface area contributed by atoms with Crippen LogP contribution in [0.5, 0.6) is 11.5 Å². The summed E-state index contributed by atoms with van der Waals surface area (Å²) in [5, 5.41) is 0.156. The molecule has 1 N–H and O–H groups in total. The number of Topliss-reactive ketones (excluding diaryl/α,β-unsaturated/α-hetero) is 1. The molecule has 0 aliphatic rings. The van der Waals surface area contributed by atoms with Crippen LogP contribution in [0, 0.1) is 0 Å². The third-order valence-corrected chi connectivity index (χ3v) is 6.16. The van der Waals surface area contributed by atoms with Crippen molar-refractivity contribution in [1.82, 2.24) is 4.98 Å². The average molecular weight is 598 g/mol. The molecule has 2 aromatic carbocycles. The lowest BCUT2D eigenvalue weighted by atomic mass is 10.0. The molecule has 3 rings (SSSR count). The van der Waals surface area contributed by atoms with E-state index in [4.69, 9.17) is 14.2 Å². The van der Waals surface area contributed by atoms with Crippen molar-refractivity contribution < 1.29 is 41.3 Å². The zero-order chi connectivity index (χ0) is 27.9. The van der Waals surface area contributed by atoms with Crippen LogP contribution in [0.15, 0.2) is 85.1 Å². The first kappa shape index (κ1) is 29.0. The minimum atomic E-state index is -4.97. The summed E-state index contributed by atoms with van der Waals surface area (Å²) in [6.07, 6.45) is -2.65. The summed E-state index contributed by atoms with van der Waals surface area (Å²) >= 11 is 3.25. The van der Waals surface area contributed by atoms with E-state index < -0.39 is 28.5 Å². The van der Waals surface area contributed by atoms with Gasteiger partial charge in [-0.1, -0.05) is 59.4 Å². The molecule has 0 radical (unpaired) electrons. The summed E-state index contributed by atoms with van der Waals surface area (Å²) in [5.41, 5.74) is 1.43. The van der Waals surface area contributed by atoms with Crippen molar-refractivity contribution in [3.05, 3.63) is 96.2 Å². The number of hydrogen-bond acceptors (Lipinski definition) is 5. The SMILES string of the molecule is C=C(F)/C=C(/OCCOCc1ccccc1)C(=C)C(Br)C(=O)c1c[nH]c2cc(OC)c(OC(F)(F)F)cc12. The molecule has 1 unspecified atom stereocenters. The van der Waals surface area contributed by atoms with E-state index in [1.165, 1.54) is 19.4 Å². The fourth-order valence-corrected chi connectivity index (χ4v) is 3.93. The van der Waals surface area contributed by atoms with Crippen LogP contribution < -0.4 is 9.47 Å². The van der Waals surface area contributed by atoms with Gasteiger partial charge in [-0.25, -0.2) is 4.39 Å². The van der Waals surface area contributed by atoms with Gasteiger partial charge >= 0.3 is 6.36 Å². The first-order valence-electron chi connectivity index (χ1n) is 11.1. The Labute approximate surface area is 224 Å². The molecule has 0 saturated heterocycles. The van der Waals surface area contributed by atoms with Crippen molar-refractivity contribution in [2.45, 2.75) is 17.8 Å². The number of aromatic amines is 1. The molecular weight excluding hydrogens is 574 g/mol. The standard InChI is InChI=1S/C27H24BrF4NO5/c1-16(29)11-22(37-10-9-36-15-18-7-5-4-6-8-18)17(2)25(28)26(34)20-14-33-21-13-23(35-3)24(12-19(20)21)38-27(30,31)32/h4-8,11-14,25,33H,1-2,9-10,15H2,3H3/b22-11+. The fourth-order valence-electron chi connectivity index (χ4n) is 3.46. The van der Waals surface area contributed by atoms with Gasteiger partial charge in [0.05, 0.1) is 25.8 Å². The lowest BCUT2D eigenvalue weighted by molar-refractivity contribution is -0.275. The third-order valence-electron chi connectivity index (χ3n) is 5.19. The van der Waals surface area contributed by atoms with Gasteiger partial charge in [0.15, 0.2) is 17.3 Å². The number of carbonyl (C=O) groups is 1. The number of fused-ring (bicyclic) bond motifs is 1. The lowest BCUT2D eigenvalue weighted by Gasteiger charge is -2.17. The van der Waals surface area contributed by atoms with Crippen molar-refractivity contribution in [2.24, 2.45) is 0 Å². The Bertz CT molecular complexity index is 1330. The van der Waals surface area contributed by atoms with Crippen LogP contribution in [0.25, 0.3) is 10.9 Å². The number of carbonyl (C=O) groups excluding carboxylic acids is 1. The van der Waals surface area contributed by atoms with Crippen LogP contribution in [0.1, 0.15) is 15.9 Å². The maximum atomic E-state index is 13.7. The zero-order valence-electron chi connectivity index (χ0n) is 20.2. The van der Waals surface area contributed by atoms with Crippen LogP contribution in [-0.4, -0.2) is 42.3 Å². The Morgan fingerprint density at radius 3 is 2.47 bits per heavy atom. The van der Waals surface area contributed by atoms with E-state index in [9.17, 15) is 22.4 Å². The van der Waals surface area contributed by atoms with Crippen molar-refractivity contribution in [3.8, 4) is 11.5 Å². The molecule has 0 aliphatic heterocycles. The van der Waals surface area contributed by atoms with Crippen LogP contribution >= 0.6 is 15.9 Å². The summed E-state index contributed by atoms with van der Waals surface area (Å²) in [4.78, 5) is 15.0. The first-order chi connectivity index (χ1) is 18.0. The van der Waals surface area contributed by atoms with Crippen molar-refractivity contribution in [3.63, 3.8) is 0 Å². The van der Waals surface area contributed by atoms with E-state index in [1.54, 1.807) is 0 Å². The van der Waals surface area contributed by atoms with Gasteiger partial charge in [-0.2, -0.15) is 0 Å². The van der Waals surface area contributed by atoms with E-state index in [1.807, 2.05) is 30.3 Å². The van der Waals surface area contributed by atoms with Crippen molar-refractivity contribution in [2.75, 3.05) is 20.3 Å². The van der Waals surface area contributed by atoms with Gasteiger partial charge in [0, 0.05) is 34.9 Å². The molecule has 1 heterocycles. The third kappa shape index (κ3) is 7.72. The summed E-state index contributed by atoms with van der Waals surface area (Å²) in [5.74, 6) is -2.22. The lowest BCUT2D eigenvalue weighted by Crippen LogP contribution is -2.19. The molecule has 0 aliphatic carbocycles. The summed E-state index contributed by atoms with van der Waals surface area (Å²) in [6, 6.07) is 11.8. The second kappa shape index (κ2) is 12.8. The number of allylic oxidation sites excluding steroid dienone is 3. The minimum Gasteiger partial charge on any atom is -0.493 e. The zero-order valence-corrected chi connectivity index (χ0v) is 21.8. The molecule has 0 spiro atoms. The molecule has 6 nitrogen and oxygen atoms in total. The van der Waals surface area contributed by atoms with Crippen molar-refractivity contribution >= 4 is 32.6 Å². The number of nitrogens with one attached hydrogen (secondary N) is 1. The second-order valence-corrected chi connectivity index (χ2v) is 8.81. The number of rotatable bonds is 13. The molecular formula is C27H24BrF4NO5. The van der Waals surface area contributed by atoms with Gasteiger partial charge in [-0.3, -0.25) is 4.79 Å². The first-order valence-corrected chi connectivity index (χ1v) is 12.0. The predicted octanol–water partition coefficient (Wildman–Crippen LogP) is 7.18.